The molecule has 2 rings (SSSR count). The predicted octanol–water partition coefficient (Wildman–Crippen LogP) is 1.21. The lowest BCUT2D eigenvalue weighted by atomic mass is 10.1. The Morgan fingerprint density at radius 2 is 1.53 bits per heavy atom. The summed E-state index contributed by atoms with van der Waals surface area (Å²) in [5, 5.41) is 1.23. The number of fused-ring (bicyclic) bond motifs is 1. The fourth-order valence-electron chi connectivity index (χ4n) is 1.41. The minimum Gasteiger partial charge on any atom is -0.744 e. The van der Waals surface area contributed by atoms with Crippen molar-refractivity contribution in [1.29, 1.82) is 0 Å². The van der Waals surface area contributed by atoms with Crippen LogP contribution in [0.1, 0.15) is 0 Å². The maximum absolute atomic E-state index is 10.9. The van der Waals surface area contributed by atoms with Crippen LogP contribution in [-0.4, -0.2) is 13.0 Å². The molecule has 15 heavy (non-hydrogen) atoms. The maximum Gasteiger partial charge on any atom is 0.125 e. The van der Waals surface area contributed by atoms with E-state index in [2.05, 4.69) is 0 Å². The zero-order valence-electron chi connectivity index (χ0n) is 7.62. The Bertz CT molecular complexity index is 573. The van der Waals surface area contributed by atoms with Crippen molar-refractivity contribution in [2.24, 2.45) is 0 Å². The molecule has 0 fully saturated rings. The van der Waals surface area contributed by atoms with Crippen molar-refractivity contribution in [2.45, 2.75) is 4.90 Å². The van der Waals surface area contributed by atoms with E-state index in [4.69, 9.17) is 0 Å². The molecule has 0 aliphatic carbocycles. The highest BCUT2D eigenvalue weighted by Crippen LogP contribution is 2.21. The first-order valence-corrected chi connectivity index (χ1v) is 5.43. The zero-order valence-corrected chi connectivity index (χ0v) is 9.33. The van der Waals surface area contributed by atoms with Crippen LogP contribution in [0.25, 0.3) is 10.8 Å². The minimum atomic E-state index is -4.38. The zero-order chi connectivity index (χ0) is 10.2. The molecule has 0 aliphatic heterocycles. The molecule has 5 heteroatoms. The van der Waals surface area contributed by atoms with Gasteiger partial charge in [-0.2, -0.15) is 0 Å². The summed E-state index contributed by atoms with van der Waals surface area (Å²) in [6, 6.07) is 11.5. The Morgan fingerprint density at radius 1 is 0.933 bits per heavy atom. The van der Waals surface area contributed by atoms with Crippen LogP contribution in [0.15, 0.2) is 47.4 Å². The average molecular weight is 245 g/mol. The summed E-state index contributed by atoms with van der Waals surface area (Å²) in [4.78, 5) is -0.157. The van der Waals surface area contributed by atoms with Gasteiger partial charge in [0.15, 0.2) is 0 Å². The summed E-state index contributed by atoms with van der Waals surface area (Å²) in [5.41, 5.74) is 0. The van der Waals surface area contributed by atoms with Crippen molar-refractivity contribution in [2.75, 3.05) is 0 Å². The first-order valence-electron chi connectivity index (χ1n) is 4.03. The van der Waals surface area contributed by atoms with Gasteiger partial charge in [0.05, 0.1) is 17.3 Å². The summed E-state index contributed by atoms with van der Waals surface area (Å²) in [7, 11) is -4.38. The molecule has 0 atom stereocenters. The molecule has 0 radical (unpaired) electrons. The first-order chi connectivity index (χ1) is 6.59. The summed E-state index contributed by atoms with van der Waals surface area (Å²) < 4.78 is 32.7. The third kappa shape index (κ3) is 2.28. The van der Waals surface area contributed by atoms with Crippen LogP contribution in [0.2, 0.25) is 0 Å². The van der Waals surface area contributed by atoms with Crippen molar-refractivity contribution in [3.05, 3.63) is 42.5 Å². The number of benzene rings is 2. The molecule has 0 saturated heterocycles. The molecular formula is C10H9ClO3S. The quantitative estimate of drug-likeness (QED) is 0.709. The smallest absolute Gasteiger partial charge is 0.125 e. The highest BCUT2D eigenvalue weighted by molar-refractivity contribution is 7.86. The van der Waals surface area contributed by atoms with Gasteiger partial charge in [-0.1, -0.05) is 36.4 Å². The van der Waals surface area contributed by atoms with Gasteiger partial charge in [0.1, 0.15) is 10.1 Å². The molecule has 0 bridgehead atoms. The molecule has 0 spiro atoms. The largest absolute Gasteiger partial charge is 0.744 e. The third-order valence-corrected chi connectivity index (χ3v) is 2.91. The average Bonchev–Trinajstić information content (AvgIpc) is 2.15. The summed E-state index contributed by atoms with van der Waals surface area (Å²) in [6.07, 6.45) is 0. The summed E-state index contributed by atoms with van der Waals surface area (Å²) >= 11 is 0. The predicted molar refractivity (Wildman–Crippen MR) is 54.7 cm³/mol. The minimum absolute atomic E-state index is 0. The molecule has 2 aromatic rings. The lowest BCUT2D eigenvalue weighted by Gasteiger charge is -2.09. The van der Waals surface area contributed by atoms with E-state index in [-0.39, 0.29) is 17.3 Å². The number of hydrogen-bond donors (Lipinski definition) is 0. The fourth-order valence-corrected chi connectivity index (χ4v) is 2.11. The Hall–Kier alpha value is -1.10. The Balaban J connectivity index is 0.00000112. The van der Waals surface area contributed by atoms with Crippen LogP contribution < -0.4 is 0 Å². The Morgan fingerprint density at radius 3 is 2.20 bits per heavy atom. The maximum atomic E-state index is 10.9. The van der Waals surface area contributed by atoms with Gasteiger partial charge in [-0.05, 0) is 16.8 Å². The van der Waals surface area contributed by atoms with Gasteiger partial charge < -0.3 is 4.55 Å². The van der Waals surface area contributed by atoms with E-state index in [9.17, 15) is 13.0 Å². The van der Waals surface area contributed by atoms with E-state index in [1.54, 1.807) is 36.4 Å². The number of hydrogen-bond acceptors (Lipinski definition) is 3. The molecule has 2 aromatic carbocycles. The van der Waals surface area contributed by atoms with Crippen LogP contribution in [0.4, 0.5) is 0 Å². The van der Waals surface area contributed by atoms with Gasteiger partial charge in [0, 0.05) is 0 Å². The van der Waals surface area contributed by atoms with E-state index in [0.717, 1.165) is 5.39 Å². The van der Waals surface area contributed by atoms with Crippen LogP contribution in [0.5, 0.6) is 0 Å². The normalized spacial score (nSPS) is 11.0. The third-order valence-electron chi connectivity index (χ3n) is 2.02. The van der Waals surface area contributed by atoms with Crippen LogP contribution >= 0.6 is 0 Å². The molecule has 3 nitrogen and oxygen atoms in total. The standard InChI is InChI=1S/C10H8O3S.ClH2/c11-14(12,13)10-7-3-5-8-4-1-2-6-9(8)10;/h1-7H,(H,11,12,13);1H2/q;+1/p-1. The van der Waals surface area contributed by atoms with Crippen LogP contribution in [-0.2, 0) is 10.1 Å². The van der Waals surface area contributed by atoms with Gasteiger partial charge in [-0.15, -0.1) is 0 Å². The van der Waals surface area contributed by atoms with Crippen molar-refractivity contribution in [3.8, 4) is 0 Å². The van der Waals surface area contributed by atoms with E-state index in [1.807, 2.05) is 0 Å². The lowest BCUT2D eigenvalue weighted by Crippen LogP contribution is -1.98. The van der Waals surface area contributed by atoms with E-state index >= 15 is 0 Å². The monoisotopic (exact) mass is 244 g/mol. The van der Waals surface area contributed by atoms with Crippen LogP contribution in [0, 0.1) is 12.4 Å². The number of halogens is 1. The molecule has 0 N–H and O–H groups in total. The molecule has 0 heterocycles. The van der Waals surface area contributed by atoms with E-state index < -0.39 is 10.1 Å². The second-order valence-corrected chi connectivity index (χ2v) is 4.28. The molecular weight excluding hydrogens is 236 g/mol. The molecule has 0 aromatic heterocycles. The summed E-state index contributed by atoms with van der Waals surface area (Å²) in [5.74, 6) is 0. The second kappa shape index (κ2) is 4.18. The first kappa shape index (κ1) is 12.0. The topological polar surface area (TPSA) is 57.2 Å². The van der Waals surface area contributed by atoms with Crippen molar-refractivity contribution in [1.82, 2.24) is 0 Å². The van der Waals surface area contributed by atoms with Gasteiger partial charge in [0.2, 0.25) is 0 Å². The molecule has 80 valence electrons. The molecule has 0 saturated carbocycles. The van der Waals surface area contributed by atoms with Gasteiger partial charge in [-0.3, -0.25) is 0 Å². The summed E-state index contributed by atoms with van der Waals surface area (Å²) in [6.45, 7) is 0. The molecule has 0 aliphatic rings. The van der Waals surface area contributed by atoms with E-state index in [1.165, 1.54) is 6.07 Å². The lowest BCUT2D eigenvalue weighted by molar-refractivity contribution is -0.00000709. The molecule has 0 amide bonds. The van der Waals surface area contributed by atoms with Gasteiger partial charge in [-0.25, -0.2) is 8.42 Å². The fraction of sp³-hybridized carbons (Fsp3) is 0. The highest BCUT2D eigenvalue weighted by atomic mass is 35.5. The Labute approximate surface area is 93.9 Å². The number of rotatable bonds is 1. The van der Waals surface area contributed by atoms with Gasteiger partial charge in [0.25, 0.3) is 0 Å². The van der Waals surface area contributed by atoms with Crippen molar-refractivity contribution in [3.63, 3.8) is 0 Å². The Kier molecular flexibility index (Phi) is 3.34. The second-order valence-electron chi connectivity index (χ2n) is 2.93. The van der Waals surface area contributed by atoms with Crippen LogP contribution in [0.3, 0.4) is 0 Å². The van der Waals surface area contributed by atoms with Crippen molar-refractivity contribution >= 4 is 20.9 Å². The molecule has 0 unspecified atom stereocenters. The van der Waals surface area contributed by atoms with Gasteiger partial charge >= 0.3 is 0 Å². The van der Waals surface area contributed by atoms with Crippen molar-refractivity contribution < 1.29 is 25.4 Å². The van der Waals surface area contributed by atoms with E-state index in [0.29, 0.717) is 5.39 Å². The highest BCUT2D eigenvalue weighted by Gasteiger charge is 2.05. The SMILES string of the molecule is O=S(=O)([O-])c1cccc2ccccc12.[ClH2+].